The molecule has 1 rings (SSSR count). The van der Waals surface area contributed by atoms with Crippen molar-refractivity contribution in [2.75, 3.05) is 18.5 Å². The highest BCUT2D eigenvalue weighted by atomic mass is 32.1. The molecule has 6 heteroatoms. The Bertz CT molecular complexity index is 521. The average molecular weight is 298 g/mol. The Hall–Kier alpha value is -1.40. The molecule has 0 bridgehead atoms. The van der Waals surface area contributed by atoms with E-state index in [0.717, 1.165) is 10.4 Å². The summed E-state index contributed by atoms with van der Waals surface area (Å²) < 4.78 is 5.05. The Morgan fingerprint density at radius 3 is 2.45 bits per heavy atom. The largest absolute Gasteiger partial charge is 0.462 e. The first-order valence-corrected chi connectivity index (χ1v) is 7.34. The van der Waals surface area contributed by atoms with Gasteiger partial charge in [-0.2, -0.15) is 0 Å². The lowest BCUT2D eigenvalue weighted by Gasteiger charge is -2.21. The van der Waals surface area contributed by atoms with Gasteiger partial charge in [0.1, 0.15) is 5.00 Å². The van der Waals surface area contributed by atoms with Gasteiger partial charge in [-0.05, 0) is 40.2 Å². The van der Waals surface area contributed by atoms with Crippen LogP contribution in [0.3, 0.4) is 0 Å². The van der Waals surface area contributed by atoms with Crippen LogP contribution in [-0.4, -0.2) is 25.0 Å². The highest BCUT2D eigenvalue weighted by Gasteiger charge is 2.29. The predicted molar refractivity (Wildman–Crippen MR) is 81.2 cm³/mol. The number of carbonyl (C=O) groups is 2. The number of hydrogen-bond donors (Lipinski definition) is 2. The fourth-order valence-electron chi connectivity index (χ4n) is 1.53. The summed E-state index contributed by atoms with van der Waals surface area (Å²) in [5.74, 6) is -0.609. The lowest BCUT2D eigenvalue weighted by molar-refractivity contribution is -0.123. The number of hydrogen-bond acceptors (Lipinski definition) is 5. The first-order chi connectivity index (χ1) is 9.24. The molecule has 5 nitrogen and oxygen atoms in total. The van der Waals surface area contributed by atoms with Gasteiger partial charge in [-0.25, -0.2) is 4.79 Å². The van der Waals surface area contributed by atoms with E-state index in [-0.39, 0.29) is 12.5 Å². The molecule has 0 aromatic carbocycles. The molecule has 0 saturated carbocycles. The molecule has 1 amide bonds. The molecule has 0 aliphatic rings. The number of thiophene rings is 1. The normalized spacial score (nSPS) is 11.3. The second kappa shape index (κ2) is 6.37. The van der Waals surface area contributed by atoms with E-state index in [2.05, 4.69) is 5.32 Å². The monoisotopic (exact) mass is 298 g/mol. The zero-order valence-corrected chi connectivity index (χ0v) is 13.4. The molecule has 0 atom stereocenters. The van der Waals surface area contributed by atoms with Gasteiger partial charge < -0.3 is 15.8 Å². The molecule has 0 aliphatic heterocycles. The van der Waals surface area contributed by atoms with Gasteiger partial charge in [-0.15, -0.1) is 11.3 Å². The Morgan fingerprint density at radius 2 is 1.95 bits per heavy atom. The Kier molecular flexibility index (Phi) is 5.30. The topological polar surface area (TPSA) is 81.4 Å². The van der Waals surface area contributed by atoms with Crippen molar-refractivity contribution in [3.63, 3.8) is 0 Å². The molecule has 0 radical (unpaired) electrons. The van der Waals surface area contributed by atoms with Crippen LogP contribution in [0.25, 0.3) is 0 Å². The number of nitrogens with two attached hydrogens (primary N) is 1. The van der Waals surface area contributed by atoms with Gasteiger partial charge in [0.2, 0.25) is 5.91 Å². The number of rotatable bonds is 5. The third-order valence-electron chi connectivity index (χ3n) is 3.22. The zero-order chi connectivity index (χ0) is 15.5. The van der Waals surface area contributed by atoms with Gasteiger partial charge in [0.25, 0.3) is 0 Å². The molecule has 1 aromatic heterocycles. The first kappa shape index (κ1) is 16.7. The van der Waals surface area contributed by atoms with E-state index >= 15 is 0 Å². The molecular weight excluding hydrogens is 276 g/mol. The van der Waals surface area contributed by atoms with Crippen molar-refractivity contribution in [3.05, 3.63) is 16.0 Å². The molecule has 3 N–H and O–H groups in total. The van der Waals surface area contributed by atoms with Crippen LogP contribution in [0.4, 0.5) is 5.00 Å². The second-order valence-corrected chi connectivity index (χ2v) is 6.47. The number of carbonyl (C=O) groups excluding carboxylic acids is 2. The quantitative estimate of drug-likeness (QED) is 0.818. The molecule has 0 aliphatic carbocycles. The Labute approximate surface area is 123 Å². The number of esters is 1. The fraction of sp³-hybridized carbons (Fsp3) is 0.571. The summed E-state index contributed by atoms with van der Waals surface area (Å²) in [6.45, 7) is 9.57. The summed E-state index contributed by atoms with van der Waals surface area (Å²) in [4.78, 5) is 25.2. The zero-order valence-electron chi connectivity index (χ0n) is 12.6. The van der Waals surface area contributed by atoms with Crippen molar-refractivity contribution in [1.29, 1.82) is 0 Å². The fourth-order valence-corrected chi connectivity index (χ4v) is 2.57. The van der Waals surface area contributed by atoms with E-state index in [9.17, 15) is 9.59 Å². The van der Waals surface area contributed by atoms with E-state index in [1.54, 1.807) is 20.8 Å². The summed E-state index contributed by atoms with van der Waals surface area (Å²) in [5, 5.41) is 3.33. The third kappa shape index (κ3) is 3.37. The maximum absolute atomic E-state index is 12.2. The molecule has 0 unspecified atom stereocenters. The number of amides is 1. The highest BCUT2D eigenvalue weighted by Crippen LogP contribution is 2.34. The Morgan fingerprint density at radius 1 is 1.35 bits per heavy atom. The van der Waals surface area contributed by atoms with E-state index < -0.39 is 11.4 Å². The lowest BCUT2D eigenvalue weighted by Crippen LogP contribution is -2.37. The number of aryl methyl sites for hydroxylation is 1. The minimum absolute atomic E-state index is 0.202. The average Bonchev–Trinajstić information content (AvgIpc) is 2.65. The maximum atomic E-state index is 12.2. The molecule has 0 saturated heterocycles. The Balaban J connectivity index is 3.10. The van der Waals surface area contributed by atoms with Crippen molar-refractivity contribution >= 4 is 28.2 Å². The van der Waals surface area contributed by atoms with E-state index in [4.69, 9.17) is 10.5 Å². The molecule has 1 heterocycles. The van der Waals surface area contributed by atoms with Gasteiger partial charge >= 0.3 is 5.97 Å². The maximum Gasteiger partial charge on any atom is 0.341 e. The molecule has 20 heavy (non-hydrogen) atoms. The van der Waals surface area contributed by atoms with Crippen LogP contribution >= 0.6 is 11.3 Å². The van der Waals surface area contributed by atoms with Crippen molar-refractivity contribution in [2.24, 2.45) is 11.1 Å². The summed E-state index contributed by atoms with van der Waals surface area (Å²) in [5.41, 5.74) is 6.19. The summed E-state index contributed by atoms with van der Waals surface area (Å²) >= 11 is 1.38. The third-order valence-corrected chi connectivity index (χ3v) is 4.34. The van der Waals surface area contributed by atoms with Crippen LogP contribution in [0.5, 0.6) is 0 Å². The summed E-state index contributed by atoms with van der Waals surface area (Å²) in [6.07, 6.45) is 0. The second-order valence-electron chi connectivity index (χ2n) is 5.25. The molecular formula is C14H22N2O3S. The van der Waals surface area contributed by atoms with Gasteiger partial charge in [-0.3, -0.25) is 4.79 Å². The van der Waals surface area contributed by atoms with Crippen LogP contribution in [0.1, 0.15) is 41.6 Å². The van der Waals surface area contributed by atoms with Crippen LogP contribution in [-0.2, 0) is 9.53 Å². The number of ether oxygens (including phenoxy) is 1. The number of nitrogens with one attached hydrogen (secondary N) is 1. The van der Waals surface area contributed by atoms with Gasteiger partial charge in [0.05, 0.1) is 17.6 Å². The van der Waals surface area contributed by atoms with Crippen molar-refractivity contribution in [3.8, 4) is 0 Å². The molecule has 1 aromatic rings. The van der Waals surface area contributed by atoms with Crippen LogP contribution in [0.2, 0.25) is 0 Å². The summed E-state index contributed by atoms with van der Waals surface area (Å²) in [7, 11) is 0. The van der Waals surface area contributed by atoms with Crippen molar-refractivity contribution in [1.82, 2.24) is 0 Å². The minimum Gasteiger partial charge on any atom is -0.462 e. The summed E-state index contributed by atoms with van der Waals surface area (Å²) in [6, 6.07) is 0. The SMILES string of the molecule is CCOC(=O)c1c(NC(=O)C(C)(C)CN)sc(C)c1C. The van der Waals surface area contributed by atoms with Crippen LogP contribution in [0, 0.1) is 19.3 Å². The minimum atomic E-state index is -0.683. The van der Waals surface area contributed by atoms with Gasteiger partial charge in [0, 0.05) is 11.4 Å². The van der Waals surface area contributed by atoms with Crippen molar-refractivity contribution in [2.45, 2.75) is 34.6 Å². The van der Waals surface area contributed by atoms with E-state index in [0.29, 0.717) is 17.2 Å². The van der Waals surface area contributed by atoms with Gasteiger partial charge in [-0.1, -0.05) is 0 Å². The predicted octanol–water partition coefficient (Wildman–Crippen LogP) is 2.47. The number of anilines is 1. The molecule has 112 valence electrons. The smallest absolute Gasteiger partial charge is 0.341 e. The molecule has 0 fully saturated rings. The van der Waals surface area contributed by atoms with Crippen LogP contribution in [0.15, 0.2) is 0 Å². The van der Waals surface area contributed by atoms with E-state index in [1.807, 2.05) is 13.8 Å². The first-order valence-electron chi connectivity index (χ1n) is 6.53. The van der Waals surface area contributed by atoms with Crippen molar-refractivity contribution < 1.29 is 14.3 Å². The highest BCUT2D eigenvalue weighted by molar-refractivity contribution is 7.16. The standard InChI is InChI=1S/C14H22N2O3S/c1-6-19-12(17)10-8(2)9(3)20-11(10)16-13(18)14(4,5)7-15/h6-7,15H2,1-5H3,(H,16,18). The van der Waals surface area contributed by atoms with Crippen LogP contribution < -0.4 is 11.1 Å². The molecule has 0 spiro atoms. The van der Waals surface area contributed by atoms with Gasteiger partial charge in [0.15, 0.2) is 0 Å². The lowest BCUT2D eigenvalue weighted by atomic mass is 9.93. The van der Waals surface area contributed by atoms with E-state index in [1.165, 1.54) is 11.3 Å².